The van der Waals surface area contributed by atoms with Gasteiger partial charge in [-0.15, -0.1) is 0 Å². The first-order valence-electron chi connectivity index (χ1n) is 12.5. The van der Waals surface area contributed by atoms with Crippen LogP contribution >= 0.6 is 11.6 Å². The van der Waals surface area contributed by atoms with Crippen molar-refractivity contribution >= 4 is 39.4 Å². The fraction of sp³-hybridized carbons (Fsp3) is 0.167. The molecule has 0 unspecified atom stereocenters. The van der Waals surface area contributed by atoms with E-state index in [1.807, 2.05) is 0 Å². The number of aryl methyl sites for hydroxylation is 2. The number of carbonyl (C=O) groups is 1. The van der Waals surface area contributed by atoms with Gasteiger partial charge in [-0.3, -0.25) is 14.3 Å². The number of nitriles is 1. The van der Waals surface area contributed by atoms with Crippen LogP contribution in [0.2, 0.25) is 5.02 Å². The van der Waals surface area contributed by atoms with Crippen LogP contribution in [-0.2, 0) is 6.54 Å². The summed E-state index contributed by atoms with van der Waals surface area (Å²) in [6.07, 6.45) is -3.17. The Hall–Kier alpha value is -4.95. The minimum absolute atomic E-state index is 0.0313. The molecule has 0 saturated carbocycles. The van der Waals surface area contributed by atoms with E-state index in [4.69, 9.17) is 16.3 Å². The molecule has 8 nitrogen and oxygen atoms in total. The number of ether oxygens (including phenoxy) is 1. The molecule has 0 bridgehead atoms. The highest BCUT2D eigenvalue weighted by molar-refractivity contribution is 6.31. The number of halogens is 4. The van der Waals surface area contributed by atoms with Gasteiger partial charge in [0.2, 0.25) is 0 Å². The largest absolute Gasteiger partial charge is 0.491 e. The third-order valence-electron chi connectivity index (χ3n) is 6.76. The van der Waals surface area contributed by atoms with Crippen molar-refractivity contribution in [3.63, 3.8) is 0 Å². The van der Waals surface area contributed by atoms with Crippen LogP contribution < -0.4 is 10.3 Å². The van der Waals surface area contributed by atoms with E-state index in [0.29, 0.717) is 44.6 Å². The lowest BCUT2D eigenvalue weighted by Crippen LogP contribution is -2.27. The second kappa shape index (κ2) is 11.1. The van der Waals surface area contributed by atoms with E-state index < -0.39 is 45.8 Å². The molecule has 42 heavy (non-hydrogen) atoms. The number of rotatable bonds is 7. The van der Waals surface area contributed by atoms with E-state index >= 15 is 0 Å². The van der Waals surface area contributed by atoms with Gasteiger partial charge >= 0.3 is 5.97 Å². The molecule has 0 radical (unpaired) electrons. The summed E-state index contributed by atoms with van der Waals surface area (Å²) in [7, 11) is 0. The van der Waals surface area contributed by atoms with E-state index in [-0.39, 0.29) is 24.5 Å². The lowest BCUT2D eigenvalue weighted by molar-refractivity contribution is 0.0698. The Bertz CT molecular complexity index is 2020. The molecule has 2 heterocycles. The fourth-order valence-corrected chi connectivity index (χ4v) is 5.07. The molecule has 5 aromatic rings. The maximum Gasteiger partial charge on any atom is 0.337 e. The molecule has 2 aromatic heterocycles. The Morgan fingerprint density at radius 1 is 1.12 bits per heavy atom. The maximum atomic E-state index is 14.6. The van der Waals surface area contributed by atoms with Gasteiger partial charge in [-0.05, 0) is 55.8 Å². The third-order valence-corrected chi connectivity index (χ3v) is 6.99. The maximum absolute atomic E-state index is 14.6. The van der Waals surface area contributed by atoms with E-state index in [9.17, 15) is 33.1 Å². The van der Waals surface area contributed by atoms with Crippen molar-refractivity contribution in [2.24, 2.45) is 0 Å². The van der Waals surface area contributed by atoms with Crippen molar-refractivity contribution in [2.45, 2.75) is 26.8 Å². The van der Waals surface area contributed by atoms with Crippen molar-refractivity contribution in [3.8, 4) is 22.9 Å². The number of pyridine rings is 1. The number of alkyl halides is 2. The molecule has 3 aromatic carbocycles. The molecular formula is C30H20ClF3N4O4. The molecule has 0 fully saturated rings. The zero-order valence-corrected chi connectivity index (χ0v) is 22.8. The van der Waals surface area contributed by atoms with Crippen molar-refractivity contribution in [3.05, 3.63) is 97.9 Å². The summed E-state index contributed by atoms with van der Waals surface area (Å²) < 4.78 is 48.8. The molecule has 0 aliphatic heterocycles. The predicted octanol–water partition coefficient (Wildman–Crippen LogP) is 6.61. The van der Waals surface area contributed by atoms with E-state index in [0.717, 1.165) is 4.57 Å². The summed E-state index contributed by atoms with van der Waals surface area (Å²) in [5.74, 6) is -1.80. The Morgan fingerprint density at radius 2 is 1.88 bits per heavy atom. The number of carboxylic acids is 1. The summed E-state index contributed by atoms with van der Waals surface area (Å²) in [6, 6.07) is 13.6. The van der Waals surface area contributed by atoms with Crippen molar-refractivity contribution in [1.82, 2.24) is 14.5 Å². The van der Waals surface area contributed by atoms with Gasteiger partial charge in [0.15, 0.2) is 0 Å². The monoisotopic (exact) mass is 592 g/mol. The number of fused-ring (bicyclic) bond motifs is 2. The van der Waals surface area contributed by atoms with Gasteiger partial charge in [0, 0.05) is 27.2 Å². The second-order valence-electron chi connectivity index (χ2n) is 9.38. The quantitative estimate of drug-likeness (QED) is 0.226. The van der Waals surface area contributed by atoms with Gasteiger partial charge in [0.05, 0.1) is 28.6 Å². The second-order valence-corrected chi connectivity index (χ2v) is 9.82. The first kappa shape index (κ1) is 28.6. The van der Waals surface area contributed by atoms with Crippen LogP contribution in [0.5, 0.6) is 5.75 Å². The molecule has 0 spiro atoms. The third kappa shape index (κ3) is 5.01. The number of aromatic carboxylic acids is 1. The van der Waals surface area contributed by atoms with Crippen molar-refractivity contribution < 1.29 is 27.8 Å². The van der Waals surface area contributed by atoms with Crippen LogP contribution in [0, 0.1) is 31.0 Å². The number of hydrogen-bond acceptors (Lipinski definition) is 6. The van der Waals surface area contributed by atoms with Gasteiger partial charge < -0.3 is 9.84 Å². The number of para-hydroxylation sites is 1. The average Bonchev–Trinajstić information content (AvgIpc) is 2.94. The van der Waals surface area contributed by atoms with Crippen LogP contribution in [-0.4, -0.2) is 32.2 Å². The number of aromatic nitrogens is 3. The lowest BCUT2D eigenvalue weighted by Gasteiger charge is -2.17. The molecule has 0 saturated heterocycles. The molecule has 0 atom stereocenters. The SMILES string of the molecule is Cc1cc(-c2cc(Cl)ccc2OCCn2c(C)nc3c(F)cc(C(F)F)c(C#N)c3c2=O)c2cccc(C(=O)O)c2n1. The summed E-state index contributed by atoms with van der Waals surface area (Å²) in [5.41, 5.74) is -0.792. The van der Waals surface area contributed by atoms with E-state index in [1.165, 1.54) is 13.0 Å². The number of nitrogens with zero attached hydrogens (tertiary/aromatic N) is 4. The van der Waals surface area contributed by atoms with Gasteiger partial charge in [-0.1, -0.05) is 23.7 Å². The smallest absolute Gasteiger partial charge is 0.337 e. The Morgan fingerprint density at radius 3 is 2.57 bits per heavy atom. The van der Waals surface area contributed by atoms with Crippen LogP contribution in [0.4, 0.5) is 13.2 Å². The predicted molar refractivity (Wildman–Crippen MR) is 150 cm³/mol. The molecule has 5 rings (SSSR count). The Balaban J connectivity index is 1.55. The van der Waals surface area contributed by atoms with Crippen molar-refractivity contribution in [2.75, 3.05) is 6.61 Å². The van der Waals surface area contributed by atoms with Crippen molar-refractivity contribution in [1.29, 1.82) is 5.26 Å². The highest BCUT2D eigenvalue weighted by atomic mass is 35.5. The van der Waals surface area contributed by atoms with Crippen LogP contribution in [0.1, 0.15) is 39.4 Å². The van der Waals surface area contributed by atoms with E-state index in [1.54, 1.807) is 49.4 Å². The van der Waals surface area contributed by atoms with Gasteiger partial charge in [0.25, 0.3) is 12.0 Å². The molecule has 1 N–H and O–H groups in total. The lowest BCUT2D eigenvalue weighted by atomic mass is 9.97. The summed E-state index contributed by atoms with van der Waals surface area (Å²) in [6.45, 7) is 2.96. The minimum Gasteiger partial charge on any atom is -0.491 e. The molecule has 12 heteroatoms. The zero-order valence-electron chi connectivity index (χ0n) is 22.1. The first-order valence-corrected chi connectivity index (χ1v) is 12.9. The highest BCUT2D eigenvalue weighted by Gasteiger charge is 2.24. The minimum atomic E-state index is -3.17. The van der Waals surface area contributed by atoms with Gasteiger partial charge in [-0.2, -0.15) is 5.26 Å². The first-order chi connectivity index (χ1) is 20.0. The zero-order chi connectivity index (χ0) is 30.3. The summed E-state index contributed by atoms with van der Waals surface area (Å²) >= 11 is 6.31. The molecule has 0 amide bonds. The number of carboxylic acid groups (broad SMARTS) is 1. The van der Waals surface area contributed by atoms with Crippen LogP contribution in [0.15, 0.2) is 53.3 Å². The van der Waals surface area contributed by atoms with Crippen LogP contribution in [0.25, 0.3) is 32.9 Å². The van der Waals surface area contributed by atoms with Gasteiger partial charge in [-0.25, -0.2) is 22.9 Å². The normalized spacial score (nSPS) is 11.3. The molecule has 212 valence electrons. The highest BCUT2D eigenvalue weighted by Crippen LogP contribution is 2.38. The topological polar surface area (TPSA) is 118 Å². The Labute approximate surface area is 241 Å². The standard InChI is InChI=1S/C30H20ClF3N4O4/c1-14-10-19(17-4-3-5-18(30(40)41)26(17)36-14)20-11-16(31)6-7-24(20)42-9-8-38-15(2)37-27-23(32)12-21(28(33)34)22(13-35)25(27)29(38)39/h3-7,10-12,28H,8-9H2,1-2H3,(H,40,41). The molecular weight excluding hydrogens is 573 g/mol. The number of hydrogen-bond donors (Lipinski definition) is 1. The van der Waals surface area contributed by atoms with E-state index in [2.05, 4.69) is 9.97 Å². The molecule has 0 aliphatic rings. The van der Waals surface area contributed by atoms with Gasteiger partial charge in [0.1, 0.15) is 35.6 Å². The van der Waals surface area contributed by atoms with Crippen LogP contribution in [0.3, 0.4) is 0 Å². The Kier molecular flexibility index (Phi) is 7.58. The average molecular weight is 593 g/mol. The number of benzene rings is 3. The summed E-state index contributed by atoms with van der Waals surface area (Å²) in [4.78, 5) is 33.7. The molecule has 0 aliphatic carbocycles. The summed E-state index contributed by atoms with van der Waals surface area (Å²) in [5, 5.41) is 19.6. The fourth-order valence-electron chi connectivity index (χ4n) is 4.89.